The average molecular weight is 408 g/mol. The fourth-order valence-electron chi connectivity index (χ4n) is 3.02. The van der Waals surface area contributed by atoms with Crippen LogP contribution in [0, 0.1) is 0 Å². The summed E-state index contributed by atoms with van der Waals surface area (Å²) in [6.45, 7) is 1.01. The number of rotatable bonds is 2. The molecule has 6 heteroatoms. The molecule has 19 heavy (non-hydrogen) atoms. The van der Waals surface area contributed by atoms with Gasteiger partial charge in [0.25, 0.3) is 5.91 Å². The number of amides is 1. The van der Waals surface area contributed by atoms with Crippen LogP contribution in [0.3, 0.4) is 0 Å². The van der Waals surface area contributed by atoms with Crippen LogP contribution in [0.5, 0.6) is 0 Å². The lowest BCUT2D eigenvalue weighted by atomic mass is 9.70. The molecule has 0 aromatic carbocycles. The largest absolute Gasteiger partial charge is 0.349 e. The Morgan fingerprint density at radius 3 is 2.84 bits per heavy atom. The van der Waals surface area contributed by atoms with Gasteiger partial charge >= 0.3 is 0 Å². The smallest absolute Gasteiger partial charge is 0.253 e. The number of thiophene rings is 1. The van der Waals surface area contributed by atoms with Gasteiger partial charge in [0.2, 0.25) is 0 Å². The van der Waals surface area contributed by atoms with Crippen LogP contribution >= 0.6 is 43.2 Å². The van der Waals surface area contributed by atoms with E-state index in [2.05, 4.69) is 42.5 Å². The number of piperidine rings is 1. The van der Waals surface area contributed by atoms with Crippen molar-refractivity contribution in [3.63, 3.8) is 0 Å². The summed E-state index contributed by atoms with van der Waals surface area (Å²) in [4.78, 5) is 12.3. The zero-order valence-corrected chi connectivity index (χ0v) is 14.5. The highest BCUT2D eigenvalue weighted by atomic mass is 79.9. The van der Waals surface area contributed by atoms with E-state index in [1.807, 2.05) is 6.07 Å². The van der Waals surface area contributed by atoms with Crippen LogP contribution in [-0.2, 0) is 0 Å². The Kier molecular flexibility index (Phi) is 4.04. The Labute approximate surface area is 133 Å². The van der Waals surface area contributed by atoms with Crippen LogP contribution < -0.4 is 10.6 Å². The molecule has 1 spiro atoms. The Morgan fingerprint density at radius 2 is 2.26 bits per heavy atom. The molecule has 3 nitrogen and oxygen atoms in total. The number of halogens is 2. The zero-order valence-electron chi connectivity index (χ0n) is 10.5. The van der Waals surface area contributed by atoms with Crippen molar-refractivity contribution in [3.8, 4) is 0 Å². The van der Waals surface area contributed by atoms with Crippen molar-refractivity contribution in [1.82, 2.24) is 10.6 Å². The van der Waals surface area contributed by atoms with Crippen molar-refractivity contribution in [2.45, 2.75) is 43.7 Å². The molecule has 1 atom stereocenters. The van der Waals surface area contributed by atoms with Crippen LogP contribution in [0.2, 0.25) is 0 Å². The number of hydrogen-bond donors (Lipinski definition) is 2. The average Bonchev–Trinajstić information content (AvgIpc) is 2.67. The van der Waals surface area contributed by atoms with Gasteiger partial charge in [-0.2, -0.15) is 0 Å². The highest BCUT2D eigenvalue weighted by Crippen LogP contribution is 2.38. The molecule has 2 N–H and O–H groups in total. The number of nitrogens with one attached hydrogen (secondary N) is 2. The topological polar surface area (TPSA) is 41.1 Å². The molecule has 2 aliphatic rings. The molecule has 1 aromatic rings. The van der Waals surface area contributed by atoms with Gasteiger partial charge in [0.15, 0.2) is 0 Å². The standard InChI is InChI=1S/C13H16Br2N2OS/c14-10-6-9(11(15)19-10)12(18)17-8-2-5-16-13(7-8)3-1-4-13/h6,8,16H,1-5,7H2,(H,17,18). The van der Waals surface area contributed by atoms with Gasteiger partial charge < -0.3 is 10.6 Å². The van der Waals surface area contributed by atoms with Crippen LogP contribution in [0.25, 0.3) is 0 Å². The van der Waals surface area contributed by atoms with Crippen molar-refractivity contribution in [1.29, 1.82) is 0 Å². The van der Waals surface area contributed by atoms with Gasteiger partial charge in [-0.15, -0.1) is 11.3 Å². The molecular formula is C13H16Br2N2OS. The highest BCUT2D eigenvalue weighted by Gasteiger charge is 2.41. The lowest BCUT2D eigenvalue weighted by molar-refractivity contribution is 0.0853. The molecule has 2 fully saturated rings. The maximum Gasteiger partial charge on any atom is 0.253 e. The Balaban J connectivity index is 1.64. The molecule has 1 saturated heterocycles. The Morgan fingerprint density at radius 1 is 1.47 bits per heavy atom. The fourth-order valence-corrected chi connectivity index (χ4v) is 5.82. The summed E-state index contributed by atoms with van der Waals surface area (Å²) in [6.07, 6.45) is 5.93. The summed E-state index contributed by atoms with van der Waals surface area (Å²) in [7, 11) is 0. The maximum absolute atomic E-state index is 12.3. The van der Waals surface area contributed by atoms with E-state index in [4.69, 9.17) is 0 Å². The molecule has 1 saturated carbocycles. The van der Waals surface area contributed by atoms with Crippen LogP contribution in [0.4, 0.5) is 0 Å². The second-order valence-corrected chi connectivity index (χ2v) is 9.21. The van der Waals surface area contributed by atoms with Crippen molar-refractivity contribution < 1.29 is 4.79 Å². The minimum absolute atomic E-state index is 0.0372. The second-order valence-electron chi connectivity index (χ2n) is 5.46. The second kappa shape index (κ2) is 5.47. The third kappa shape index (κ3) is 2.91. The minimum Gasteiger partial charge on any atom is -0.349 e. The van der Waals surface area contributed by atoms with Crippen LogP contribution in [0.1, 0.15) is 42.5 Å². The molecular weight excluding hydrogens is 392 g/mol. The third-order valence-electron chi connectivity index (χ3n) is 4.18. The van der Waals surface area contributed by atoms with Crippen molar-refractivity contribution in [3.05, 3.63) is 19.2 Å². The van der Waals surface area contributed by atoms with E-state index in [1.165, 1.54) is 30.6 Å². The van der Waals surface area contributed by atoms with Gasteiger partial charge in [0.05, 0.1) is 13.1 Å². The van der Waals surface area contributed by atoms with Gasteiger partial charge in [-0.1, -0.05) is 0 Å². The first-order chi connectivity index (χ1) is 9.08. The summed E-state index contributed by atoms with van der Waals surface area (Å²) >= 11 is 8.39. The summed E-state index contributed by atoms with van der Waals surface area (Å²) in [5.41, 5.74) is 1.06. The predicted molar refractivity (Wildman–Crippen MR) is 84.8 cm³/mol. The van der Waals surface area contributed by atoms with E-state index < -0.39 is 0 Å². The van der Waals surface area contributed by atoms with Gasteiger partial charge in [-0.05, 0) is 76.6 Å². The number of carbonyl (C=O) groups excluding carboxylic acids is 1. The Hall–Kier alpha value is 0.0900. The quantitative estimate of drug-likeness (QED) is 0.784. The molecule has 1 aliphatic carbocycles. The number of hydrogen-bond acceptors (Lipinski definition) is 3. The van der Waals surface area contributed by atoms with Crippen molar-refractivity contribution >= 4 is 49.1 Å². The minimum atomic E-state index is 0.0372. The van der Waals surface area contributed by atoms with Crippen molar-refractivity contribution in [2.24, 2.45) is 0 Å². The molecule has 1 aliphatic heterocycles. The highest BCUT2D eigenvalue weighted by molar-refractivity contribution is 9.12. The molecule has 1 amide bonds. The predicted octanol–water partition coefficient (Wildman–Crippen LogP) is 3.68. The number of carbonyl (C=O) groups is 1. The van der Waals surface area contributed by atoms with Crippen molar-refractivity contribution in [2.75, 3.05) is 6.54 Å². The third-order valence-corrected chi connectivity index (χ3v) is 6.52. The normalized spacial score (nSPS) is 25.1. The van der Waals surface area contributed by atoms with E-state index in [-0.39, 0.29) is 5.91 Å². The molecule has 3 rings (SSSR count). The summed E-state index contributed by atoms with van der Waals surface area (Å²) in [6, 6.07) is 2.18. The zero-order chi connectivity index (χ0) is 13.5. The van der Waals surface area contributed by atoms with Crippen LogP contribution in [-0.4, -0.2) is 24.0 Å². The summed E-state index contributed by atoms with van der Waals surface area (Å²) < 4.78 is 1.87. The molecule has 0 bridgehead atoms. The summed E-state index contributed by atoms with van der Waals surface area (Å²) in [5, 5.41) is 6.81. The monoisotopic (exact) mass is 406 g/mol. The molecule has 1 aromatic heterocycles. The first kappa shape index (κ1) is 14.0. The molecule has 104 valence electrons. The van der Waals surface area contributed by atoms with E-state index in [9.17, 15) is 4.79 Å². The first-order valence-corrected chi connectivity index (χ1v) is 8.99. The lowest BCUT2D eigenvalue weighted by Gasteiger charge is -2.48. The van der Waals surface area contributed by atoms with E-state index in [1.54, 1.807) is 0 Å². The molecule has 0 radical (unpaired) electrons. The Bertz CT molecular complexity index is 499. The summed E-state index contributed by atoms with van der Waals surface area (Å²) in [5.74, 6) is 0.0372. The van der Waals surface area contributed by atoms with E-state index in [0.717, 1.165) is 32.5 Å². The van der Waals surface area contributed by atoms with Gasteiger partial charge in [0, 0.05) is 11.6 Å². The SMILES string of the molecule is O=C(NC1CCNC2(CCC2)C1)c1cc(Br)sc1Br. The van der Waals surface area contributed by atoms with Gasteiger partial charge in [-0.25, -0.2) is 0 Å². The maximum atomic E-state index is 12.3. The van der Waals surface area contributed by atoms with Gasteiger partial charge in [-0.3, -0.25) is 4.79 Å². The molecule has 2 heterocycles. The lowest BCUT2D eigenvalue weighted by Crippen LogP contribution is -2.59. The molecule has 1 unspecified atom stereocenters. The van der Waals surface area contributed by atoms with Crippen LogP contribution in [0.15, 0.2) is 13.6 Å². The first-order valence-electron chi connectivity index (χ1n) is 6.59. The fraction of sp³-hybridized carbons (Fsp3) is 0.615. The van der Waals surface area contributed by atoms with Gasteiger partial charge in [0.1, 0.15) is 0 Å². The van der Waals surface area contributed by atoms with E-state index >= 15 is 0 Å². The van der Waals surface area contributed by atoms with E-state index in [0.29, 0.717) is 11.6 Å².